The lowest BCUT2D eigenvalue weighted by atomic mass is 9.90. The third-order valence-electron chi connectivity index (χ3n) is 5.92. The van der Waals surface area contributed by atoms with Crippen LogP contribution in [0.25, 0.3) is 11.1 Å². The van der Waals surface area contributed by atoms with Crippen molar-refractivity contribution in [2.24, 2.45) is 5.92 Å². The molecule has 0 aliphatic carbocycles. The summed E-state index contributed by atoms with van der Waals surface area (Å²) in [6, 6.07) is 7.82. The third-order valence-corrected chi connectivity index (χ3v) is 5.92. The van der Waals surface area contributed by atoms with E-state index in [1.165, 1.54) is 12.1 Å². The molecule has 1 aliphatic rings. The molecule has 1 aliphatic heterocycles. The van der Waals surface area contributed by atoms with Gasteiger partial charge in [-0.2, -0.15) is 0 Å². The van der Waals surface area contributed by atoms with Crippen LogP contribution in [-0.4, -0.2) is 6.61 Å². The zero-order chi connectivity index (χ0) is 20.8. The number of hydrogen-bond donors (Lipinski definition) is 0. The van der Waals surface area contributed by atoms with Gasteiger partial charge in [0.2, 0.25) is 0 Å². The van der Waals surface area contributed by atoms with E-state index in [1.807, 2.05) is 0 Å². The molecule has 2 aromatic rings. The molecule has 0 saturated carbocycles. The largest absolute Gasteiger partial charge is 0.373 e. The van der Waals surface area contributed by atoms with Gasteiger partial charge in [0.25, 0.3) is 0 Å². The average molecular weight is 405 g/mol. The van der Waals surface area contributed by atoms with E-state index in [9.17, 15) is 13.2 Å². The van der Waals surface area contributed by atoms with Crippen molar-refractivity contribution in [3.63, 3.8) is 0 Å². The smallest absolute Gasteiger partial charge is 0.167 e. The molecule has 1 heterocycles. The lowest BCUT2D eigenvalue weighted by molar-refractivity contribution is -0.0214. The van der Waals surface area contributed by atoms with Crippen LogP contribution in [0.3, 0.4) is 0 Å². The predicted molar refractivity (Wildman–Crippen MR) is 111 cm³/mol. The standard InChI is InChI=1S/C25H31F3O/c1-3-5-6-8-17-9-11-19(22(26)15-17)20-12-13-21(25(28)24(20)27)23-14-10-18(7-4-2)16-29-23/h9,11-13,15,18,23H,3-8,10,14,16H2,1-2H3. The first-order chi connectivity index (χ1) is 14.0. The Kier molecular flexibility index (Phi) is 7.77. The maximum atomic E-state index is 14.8. The normalized spacial score (nSPS) is 19.5. The minimum atomic E-state index is -1.00. The first-order valence-corrected chi connectivity index (χ1v) is 10.9. The zero-order valence-corrected chi connectivity index (χ0v) is 17.4. The maximum Gasteiger partial charge on any atom is 0.167 e. The average Bonchev–Trinajstić information content (AvgIpc) is 2.72. The van der Waals surface area contributed by atoms with Crippen molar-refractivity contribution in [3.8, 4) is 11.1 Å². The summed E-state index contributed by atoms with van der Waals surface area (Å²) in [4.78, 5) is 0. The summed E-state index contributed by atoms with van der Waals surface area (Å²) in [6.45, 7) is 4.83. The Morgan fingerprint density at radius 2 is 1.69 bits per heavy atom. The van der Waals surface area contributed by atoms with Crippen molar-refractivity contribution in [1.29, 1.82) is 0 Å². The molecule has 3 rings (SSSR count). The molecule has 0 bridgehead atoms. The Bertz CT molecular complexity index is 810. The van der Waals surface area contributed by atoms with Crippen molar-refractivity contribution in [2.45, 2.75) is 71.3 Å². The van der Waals surface area contributed by atoms with Gasteiger partial charge in [-0.25, -0.2) is 13.2 Å². The number of ether oxygens (including phenoxy) is 1. The SMILES string of the molecule is CCCCCc1ccc(-c2ccc(C3CCC(CCC)CO3)c(F)c2F)c(F)c1. The maximum absolute atomic E-state index is 14.8. The molecule has 2 unspecified atom stereocenters. The minimum Gasteiger partial charge on any atom is -0.373 e. The van der Waals surface area contributed by atoms with Crippen molar-refractivity contribution >= 4 is 0 Å². The fourth-order valence-electron chi connectivity index (χ4n) is 4.22. The molecule has 4 heteroatoms. The number of aryl methyl sites for hydroxylation is 1. The topological polar surface area (TPSA) is 9.23 Å². The highest BCUT2D eigenvalue weighted by atomic mass is 19.2. The van der Waals surface area contributed by atoms with E-state index in [4.69, 9.17) is 4.74 Å². The quantitative estimate of drug-likeness (QED) is 0.408. The molecule has 0 spiro atoms. The zero-order valence-electron chi connectivity index (χ0n) is 17.4. The lowest BCUT2D eigenvalue weighted by Crippen LogP contribution is -2.21. The summed E-state index contributed by atoms with van der Waals surface area (Å²) in [5.74, 6) is -1.94. The highest BCUT2D eigenvalue weighted by Gasteiger charge is 2.27. The molecule has 0 aromatic heterocycles. The van der Waals surface area contributed by atoms with Gasteiger partial charge in [0.1, 0.15) is 5.82 Å². The second-order valence-electron chi connectivity index (χ2n) is 8.16. The molecule has 0 radical (unpaired) electrons. The molecule has 1 nitrogen and oxygen atoms in total. The van der Waals surface area contributed by atoms with E-state index in [0.29, 0.717) is 18.9 Å². The van der Waals surface area contributed by atoms with Gasteiger partial charge in [-0.1, -0.05) is 57.4 Å². The van der Waals surface area contributed by atoms with E-state index >= 15 is 0 Å². The Labute approximate surface area is 172 Å². The fourth-order valence-corrected chi connectivity index (χ4v) is 4.22. The molecule has 1 fully saturated rings. The number of rotatable bonds is 8. The van der Waals surface area contributed by atoms with Gasteiger partial charge in [-0.15, -0.1) is 0 Å². The Hall–Kier alpha value is -1.81. The molecular weight excluding hydrogens is 373 g/mol. The molecule has 29 heavy (non-hydrogen) atoms. The van der Waals surface area contributed by atoms with Crippen molar-refractivity contribution in [2.75, 3.05) is 6.61 Å². The van der Waals surface area contributed by atoms with Crippen LogP contribution in [-0.2, 0) is 11.2 Å². The summed E-state index contributed by atoms with van der Waals surface area (Å²) < 4.78 is 50.1. The third kappa shape index (κ3) is 5.22. The van der Waals surface area contributed by atoms with Crippen molar-refractivity contribution < 1.29 is 17.9 Å². The summed E-state index contributed by atoms with van der Waals surface area (Å²) >= 11 is 0. The van der Waals surface area contributed by atoms with Crippen LogP contribution in [0.5, 0.6) is 0 Å². The van der Waals surface area contributed by atoms with Crippen LogP contribution in [0.2, 0.25) is 0 Å². The Morgan fingerprint density at radius 3 is 2.34 bits per heavy atom. The second-order valence-corrected chi connectivity index (χ2v) is 8.16. The molecule has 2 atom stereocenters. The van der Waals surface area contributed by atoms with E-state index in [1.54, 1.807) is 18.2 Å². The van der Waals surface area contributed by atoms with Crippen molar-refractivity contribution in [1.82, 2.24) is 0 Å². The van der Waals surface area contributed by atoms with Crippen LogP contribution in [0.4, 0.5) is 13.2 Å². The van der Waals surface area contributed by atoms with Crippen LogP contribution in [0.15, 0.2) is 30.3 Å². The van der Waals surface area contributed by atoms with Gasteiger partial charge in [-0.05, 0) is 49.7 Å². The summed E-state index contributed by atoms with van der Waals surface area (Å²) in [6.07, 6.45) is 7.37. The number of benzene rings is 2. The summed E-state index contributed by atoms with van der Waals surface area (Å²) in [5, 5.41) is 0. The molecular formula is C25H31F3O. The van der Waals surface area contributed by atoms with Gasteiger partial charge in [0.05, 0.1) is 12.7 Å². The number of hydrogen-bond acceptors (Lipinski definition) is 1. The second kappa shape index (κ2) is 10.3. The van der Waals surface area contributed by atoms with E-state index in [2.05, 4.69) is 13.8 Å². The highest BCUT2D eigenvalue weighted by Crippen LogP contribution is 2.37. The van der Waals surface area contributed by atoms with Gasteiger partial charge in [0, 0.05) is 16.7 Å². The molecule has 1 saturated heterocycles. The molecule has 158 valence electrons. The first kappa shape index (κ1) is 21.9. The summed E-state index contributed by atoms with van der Waals surface area (Å²) in [7, 11) is 0. The number of halogens is 3. The van der Waals surface area contributed by atoms with E-state index < -0.39 is 23.6 Å². The van der Waals surface area contributed by atoms with E-state index in [-0.39, 0.29) is 16.7 Å². The van der Waals surface area contributed by atoms with Gasteiger partial charge in [-0.3, -0.25) is 0 Å². The molecule has 2 aromatic carbocycles. The predicted octanol–water partition coefficient (Wildman–Crippen LogP) is 7.77. The lowest BCUT2D eigenvalue weighted by Gasteiger charge is -2.29. The van der Waals surface area contributed by atoms with Crippen LogP contribution >= 0.6 is 0 Å². The Morgan fingerprint density at radius 1 is 0.897 bits per heavy atom. The minimum absolute atomic E-state index is 0.0384. The monoisotopic (exact) mass is 404 g/mol. The fraction of sp³-hybridized carbons (Fsp3) is 0.520. The highest BCUT2D eigenvalue weighted by molar-refractivity contribution is 5.66. The molecule has 0 amide bonds. The number of unbranched alkanes of at least 4 members (excludes halogenated alkanes) is 2. The first-order valence-electron chi connectivity index (χ1n) is 10.9. The van der Waals surface area contributed by atoms with E-state index in [0.717, 1.165) is 50.5 Å². The van der Waals surface area contributed by atoms with Crippen LogP contribution in [0, 0.1) is 23.4 Å². The van der Waals surface area contributed by atoms with Gasteiger partial charge >= 0.3 is 0 Å². The molecule has 0 N–H and O–H groups in total. The summed E-state index contributed by atoms with van der Waals surface area (Å²) in [5.41, 5.74) is 1.18. The van der Waals surface area contributed by atoms with Crippen LogP contribution in [0.1, 0.15) is 76.0 Å². The van der Waals surface area contributed by atoms with Gasteiger partial charge in [0.15, 0.2) is 11.6 Å². The van der Waals surface area contributed by atoms with Crippen LogP contribution < -0.4 is 0 Å². The van der Waals surface area contributed by atoms with Crippen molar-refractivity contribution in [3.05, 3.63) is 58.9 Å². The van der Waals surface area contributed by atoms with Gasteiger partial charge < -0.3 is 4.74 Å². The Balaban J connectivity index is 1.77.